The van der Waals surface area contributed by atoms with Crippen LogP contribution in [0.3, 0.4) is 0 Å². The van der Waals surface area contributed by atoms with Gasteiger partial charge in [-0.2, -0.15) is 5.26 Å². The Morgan fingerprint density at radius 1 is 0.935 bits per heavy atom. The second-order valence-electron chi connectivity index (χ2n) is 7.91. The summed E-state index contributed by atoms with van der Waals surface area (Å²) in [4.78, 5) is 17.1. The Morgan fingerprint density at radius 2 is 1.68 bits per heavy atom. The van der Waals surface area contributed by atoms with E-state index in [1.54, 1.807) is 11.3 Å². The number of nitriles is 1. The Balaban J connectivity index is 1.66. The van der Waals surface area contributed by atoms with E-state index in [-0.39, 0.29) is 5.91 Å². The summed E-state index contributed by atoms with van der Waals surface area (Å²) in [6.45, 7) is 0.441. The van der Waals surface area contributed by atoms with Gasteiger partial charge in [0, 0.05) is 10.4 Å². The van der Waals surface area contributed by atoms with Gasteiger partial charge < -0.3 is 0 Å². The molecule has 152 valence electrons. The first-order chi connectivity index (χ1) is 15.3. The summed E-state index contributed by atoms with van der Waals surface area (Å²) in [6, 6.07) is 26.3. The summed E-state index contributed by atoms with van der Waals surface area (Å²) in [5.74, 6) is -0.0595. The molecule has 31 heavy (non-hydrogen) atoms. The number of fused-ring (bicyclic) bond motifs is 2. The highest BCUT2D eigenvalue weighted by molar-refractivity contribution is 7.16. The maximum atomic E-state index is 14.0. The summed E-state index contributed by atoms with van der Waals surface area (Å²) in [5.41, 5.74) is 3.55. The minimum absolute atomic E-state index is 0.0595. The van der Waals surface area contributed by atoms with Crippen LogP contribution in [0.15, 0.2) is 72.8 Å². The molecule has 5 rings (SSSR count). The number of hydrogen-bond acceptors (Lipinski definition) is 3. The predicted octanol–water partition coefficient (Wildman–Crippen LogP) is 6.50. The Bertz CT molecular complexity index is 1290. The van der Waals surface area contributed by atoms with Crippen molar-refractivity contribution in [3.63, 3.8) is 0 Å². The molecule has 0 aliphatic heterocycles. The van der Waals surface area contributed by atoms with Crippen molar-refractivity contribution in [3.05, 3.63) is 99.9 Å². The van der Waals surface area contributed by atoms with E-state index in [1.165, 1.54) is 4.88 Å². The first-order valence-corrected chi connectivity index (χ1v) is 11.5. The highest BCUT2D eigenvalue weighted by Gasteiger charge is 2.28. The maximum Gasteiger partial charge on any atom is 0.259 e. The van der Waals surface area contributed by atoms with Gasteiger partial charge >= 0.3 is 0 Å². The second kappa shape index (κ2) is 8.37. The molecular weight excluding hydrogens is 400 g/mol. The van der Waals surface area contributed by atoms with Crippen molar-refractivity contribution in [2.45, 2.75) is 32.2 Å². The molecule has 4 heteroatoms. The monoisotopic (exact) mass is 422 g/mol. The highest BCUT2D eigenvalue weighted by atomic mass is 32.1. The molecule has 0 N–H and O–H groups in total. The van der Waals surface area contributed by atoms with Crippen molar-refractivity contribution in [2.75, 3.05) is 4.90 Å². The summed E-state index contributed by atoms with van der Waals surface area (Å²) in [6.07, 6.45) is 4.17. The van der Waals surface area contributed by atoms with Crippen LogP contribution < -0.4 is 4.90 Å². The third-order valence-electron chi connectivity index (χ3n) is 5.96. The third-order valence-corrected chi connectivity index (χ3v) is 7.27. The maximum absolute atomic E-state index is 14.0. The standard InChI is InChI=1S/C27H22N2OS/c28-17-24-22-14-6-7-16-25(22)31-27(24)29(18-19-9-2-1-3-10-19)26(30)23-15-8-12-20-11-4-5-13-21(20)23/h1-5,8-13,15H,6-7,14,16,18H2. The molecule has 3 aromatic carbocycles. The molecule has 1 amide bonds. The molecule has 1 aliphatic carbocycles. The third kappa shape index (κ3) is 3.62. The predicted molar refractivity (Wildman–Crippen MR) is 127 cm³/mol. The largest absolute Gasteiger partial charge is 0.294 e. The first-order valence-electron chi connectivity index (χ1n) is 10.6. The normalized spacial score (nSPS) is 12.9. The summed E-state index contributed by atoms with van der Waals surface area (Å²) >= 11 is 1.62. The van der Waals surface area contributed by atoms with E-state index >= 15 is 0 Å². The number of amides is 1. The van der Waals surface area contributed by atoms with Crippen molar-refractivity contribution < 1.29 is 4.79 Å². The van der Waals surface area contributed by atoms with Gasteiger partial charge in [0.2, 0.25) is 0 Å². The fourth-order valence-corrected chi connectivity index (χ4v) is 5.75. The number of hydrogen-bond donors (Lipinski definition) is 0. The first kappa shape index (κ1) is 19.5. The van der Waals surface area contributed by atoms with Gasteiger partial charge in [-0.1, -0.05) is 66.7 Å². The number of rotatable bonds is 4. The van der Waals surface area contributed by atoms with E-state index in [9.17, 15) is 10.1 Å². The molecule has 0 atom stereocenters. The van der Waals surface area contributed by atoms with Crippen molar-refractivity contribution in [2.24, 2.45) is 0 Å². The van der Waals surface area contributed by atoms with Crippen molar-refractivity contribution >= 4 is 33.0 Å². The summed E-state index contributed by atoms with van der Waals surface area (Å²) in [7, 11) is 0. The van der Waals surface area contributed by atoms with Gasteiger partial charge in [-0.15, -0.1) is 11.3 Å². The lowest BCUT2D eigenvalue weighted by Gasteiger charge is -2.23. The van der Waals surface area contributed by atoms with Crippen LogP contribution >= 0.6 is 11.3 Å². The molecule has 0 saturated carbocycles. The molecule has 0 bridgehead atoms. The lowest BCUT2D eigenvalue weighted by Crippen LogP contribution is -2.30. The van der Waals surface area contributed by atoms with Gasteiger partial charge in [-0.05, 0) is 53.6 Å². The average molecular weight is 423 g/mol. The van der Waals surface area contributed by atoms with Gasteiger partial charge in [0.15, 0.2) is 0 Å². The van der Waals surface area contributed by atoms with Crippen LogP contribution in [0.5, 0.6) is 0 Å². The second-order valence-corrected chi connectivity index (χ2v) is 8.99. The number of aryl methyl sites for hydroxylation is 1. The Kier molecular flexibility index (Phi) is 5.28. The lowest BCUT2D eigenvalue weighted by atomic mass is 9.96. The van der Waals surface area contributed by atoms with Crippen LogP contribution in [0.25, 0.3) is 10.8 Å². The number of carbonyl (C=O) groups excluding carboxylic acids is 1. The molecule has 3 nitrogen and oxygen atoms in total. The molecule has 0 fully saturated rings. The highest BCUT2D eigenvalue weighted by Crippen LogP contribution is 2.41. The Morgan fingerprint density at radius 3 is 2.52 bits per heavy atom. The Hall–Kier alpha value is -3.42. The average Bonchev–Trinajstić information content (AvgIpc) is 3.20. The smallest absolute Gasteiger partial charge is 0.259 e. The fourth-order valence-electron chi connectivity index (χ4n) is 4.42. The number of carbonyl (C=O) groups is 1. The van der Waals surface area contributed by atoms with Crippen LogP contribution in [0.4, 0.5) is 5.00 Å². The van der Waals surface area contributed by atoms with E-state index in [0.717, 1.165) is 52.6 Å². The minimum atomic E-state index is -0.0595. The SMILES string of the molecule is N#Cc1c(N(Cc2ccccc2)C(=O)c2cccc3ccccc23)sc2c1CCCC2. The number of benzene rings is 3. The summed E-state index contributed by atoms with van der Waals surface area (Å²) in [5, 5.41) is 12.8. The molecule has 0 saturated heterocycles. The van der Waals surface area contributed by atoms with Gasteiger partial charge in [-0.25, -0.2) is 0 Å². The molecule has 0 unspecified atom stereocenters. The molecular formula is C27H22N2OS. The van der Waals surface area contributed by atoms with E-state index in [0.29, 0.717) is 17.7 Å². The number of nitrogens with zero attached hydrogens (tertiary/aromatic N) is 2. The number of anilines is 1. The quantitative estimate of drug-likeness (QED) is 0.377. The van der Waals surface area contributed by atoms with Gasteiger partial charge in [0.1, 0.15) is 11.1 Å². The topological polar surface area (TPSA) is 44.1 Å². The van der Waals surface area contributed by atoms with Crippen molar-refractivity contribution in [3.8, 4) is 6.07 Å². The van der Waals surface area contributed by atoms with E-state index in [1.807, 2.05) is 77.7 Å². The molecule has 1 heterocycles. The fraction of sp³-hybridized carbons (Fsp3) is 0.185. The molecule has 1 aliphatic rings. The molecule has 1 aromatic heterocycles. The van der Waals surface area contributed by atoms with Gasteiger partial charge in [0.25, 0.3) is 5.91 Å². The minimum Gasteiger partial charge on any atom is -0.294 e. The Labute approximate surface area is 186 Å². The molecule has 0 spiro atoms. The molecule has 0 radical (unpaired) electrons. The van der Waals surface area contributed by atoms with Crippen LogP contribution in [-0.4, -0.2) is 5.91 Å². The van der Waals surface area contributed by atoms with Gasteiger partial charge in [0.05, 0.1) is 12.1 Å². The van der Waals surface area contributed by atoms with Crippen molar-refractivity contribution in [1.82, 2.24) is 0 Å². The van der Waals surface area contributed by atoms with Crippen LogP contribution in [0.1, 0.15) is 44.8 Å². The summed E-state index contributed by atoms with van der Waals surface area (Å²) < 4.78 is 0. The van der Waals surface area contributed by atoms with Crippen molar-refractivity contribution in [1.29, 1.82) is 5.26 Å². The van der Waals surface area contributed by atoms with E-state index in [4.69, 9.17) is 0 Å². The zero-order valence-electron chi connectivity index (χ0n) is 17.2. The van der Waals surface area contributed by atoms with E-state index in [2.05, 4.69) is 6.07 Å². The number of thiophene rings is 1. The zero-order chi connectivity index (χ0) is 21.2. The van der Waals surface area contributed by atoms with Crippen LogP contribution in [0.2, 0.25) is 0 Å². The lowest BCUT2D eigenvalue weighted by molar-refractivity contribution is 0.0987. The zero-order valence-corrected chi connectivity index (χ0v) is 18.0. The van der Waals surface area contributed by atoms with Crippen LogP contribution in [-0.2, 0) is 19.4 Å². The van der Waals surface area contributed by atoms with Gasteiger partial charge in [-0.3, -0.25) is 9.69 Å². The molecule has 4 aromatic rings. The van der Waals surface area contributed by atoms with Crippen LogP contribution in [0, 0.1) is 11.3 Å². The van der Waals surface area contributed by atoms with E-state index < -0.39 is 0 Å².